The number of nitrogens with one attached hydrogen (secondary N) is 1. The molecule has 4 heteroatoms. The first-order valence-electron chi connectivity index (χ1n) is 6.47. The van der Waals surface area contributed by atoms with Crippen molar-refractivity contribution in [1.82, 2.24) is 10.2 Å². The summed E-state index contributed by atoms with van der Waals surface area (Å²) in [4.78, 5) is 14.3. The summed E-state index contributed by atoms with van der Waals surface area (Å²) in [6, 6.07) is 1.08. The Balaban J connectivity index is 1.68. The van der Waals surface area contributed by atoms with Gasteiger partial charge in [-0.2, -0.15) is 0 Å². The van der Waals surface area contributed by atoms with Crippen molar-refractivity contribution < 1.29 is 9.90 Å². The molecule has 2 N–H and O–H groups in total. The molecule has 90 valence electrons. The predicted molar refractivity (Wildman–Crippen MR) is 59.9 cm³/mol. The molecular weight excluding hydrogens is 204 g/mol. The molecular formula is C12H20N2O2. The van der Waals surface area contributed by atoms with Gasteiger partial charge in [0, 0.05) is 18.6 Å². The van der Waals surface area contributed by atoms with Crippen LogP contribution in [-0.2, 0) is 4.79 Å². The molecule has 3 rings (SSSR count). The maximum absolute atomic E-state index is 12.4. The van der Waals surface area contributed by atoms with Crippen molar-refractivity contribution in [3.8, 4) is 0 Å². The van der Waals surface area contributed by atoms with E-state index in [1.165, 1.54) is 6.42 Å². The molecule has 0 aromatic carbocycles. The molecule has 4 nitrogen and oxygen atoms in total. The van der Waals surface area contributed by atoms with E-state index in [1.807, 2.05) is 4.90 Å². The third kappa shape index (κ3) is 1.55. The van der Waals surface area contributed by atoms with Crippen molar-refractivity contribution >= 4 is 5.91 Å². The number of aliphatic hydroxyl groups excluding tert-OH is 1. The Bertz CT molecular complexity index is 287. The minimum Gasteiger partial charge on any atom is -0.394 e. The van der Waals surface area contributed by atoms with Crippen LogP contribution in [0.25, 0.3) is 0 Å². The average molecular weight is 224 g/mol. The van der Waals surface area contributed by atoms with E-state index < -0.39 is 0 Å². The van der Waals surface area contributed by atoms with Gasteiger partial charge in [-0.25, -0.2) is 0 Å². The van der Waals surface area contributed by atoms with Gasteiger partial charge in [-0.15, -0.1) is 0 Å². The highest BCUT2D eigenvalue weighted by atomic mass is 16.3. The fourth-order valence-electron chi connectivity index (χ4n) is 3.63. The molecule has 0 aromatic rings. The van der Waals surface area contributed by atoms with Gasteiger partial charge < -0.3 is 15.3 Å². The highest BCUT2D eigenvalue weighted by Gasteiger charge is 2.45. The van der Waals surface area contributed by atoms with Crippen LogP contribution in [0.4, 0.5) is 0 Å². The zero-order valence-corrected chi connectivity index (χ0v) is 9.56. The molecule has 3 aliphatic heterocycles. The highest BCUT2D eigenvalue weighted by Crippen LogP contribution is 2.35. The van der Waals surface area contributed by atoms with E-state index in [2.05, 4.69) is 5.32 Å². The Morgan fingerprint density at radius 1 is 1.38 bits per heavy atom. The van der Waals surface area contributed by atoms with Crippen LogP contribution >= 0.6 is 0 Å². The first kappa shape index (κ1) is 10.5. The largest absolute Gasteiger partial charge is 0.394 e. The minimum atomic E-state index is 0.0895. The number of carbonyl (C=O) groups excluding carboxylic acids is 1. The number of rotatable bonds is 2. The van der Waals surface area contributed by atoms with Crippen molar-refractivity contribution in [2.45, 2.75) is 50.2 Å². The molecule has 3 saturated heterocycles. The first-order chi connectivity index (χ1) is 7.79. The molecule has 4 atom stereocenters. The van der Waals surface area contributed by atoms with Crippen molar-refractivity contribution in [3.63, 3.8) is 0 Å². The molecule has 2 bridgehead atoms. The Morgan fingerprint density at radius 2 is 2.25 bits per heavy atom. The quantitative estimate of drug-likeness (QED) is 0.700. The first-order valence-corrected chi connectivity index (χ1v) is 6.47. The van der Waals surface area contributed by atoms with Gasteiger partial charge in [0.15, 0.2) is 0 Å². The zero-order valence-electron chi connectivity index (χ0n) is 9.56. The smallest absolute Gasteiger partial charge is 0.227 e. The molecule has 16 heavy (non-hydrogen) atoms. The van der Waals surface area contributed by atoms with Crippen LogP contribution in [0.1, 0.15) is 32.1 Å². The van der Waals surface area contributed by atoms with Gasteiger partial charge in [0.2, 0.25) is 5.91 Å². The summed E-state index contributed by atoms with van der Waals surface area (Å²) in [5.74, 6) is 0.474. The van der Waals surface area contributed by atoms with Crippen LogP contribution in [0.15, 0.2) is 0 Å². The number of nitrogens with zero attached hydrogens (tertiary/aromatic N) is 1. The van der Waals surface area contributed by atoms with Gasteiger partial charge >= 0.3 is 0 Å². The van der Waals surface area contributed by atoms with E-state index in [1.54, 1.807) is 0 Å². The van der Waals surface area contributed by atoms with Crippen LogP contribution in [0.5, 0.6) is 0 Å². The van der Waals surface area contributed by atoms with Crippen molar-refractivity contribution in [2.75, 3.05) is 13.2 Å². The van der Waals surface area contributed by atoms with Gasteiger partial charge in [0.05, 0.1) is 18.6 Å². The van der Waals surface area contributed by atoms with Crippen LogP contribution < -0.4 is 5.32 Å². The maximum atomic E-state index is 12.4. The van der Waals surface area contributed by atoms with Gasteiger partial charge in [-0.05, 0) is 32.1 Å². The van der Waals surface area contributed by atoms with E-state index in [-0.39, 0.29) is 24.5 Å². The molecule has 0 aromatic heterocycles. The molecule has 0 saturated carbocycles. The number of hydrogen-bond acceptors (Lipinski definition) is 3. The van der Waals surface area contributed by atoms with Crippen molar-refractivity contribution in [1.29, 1.82) is 0 Å². The number of likely N-dealkylation sites (tertiary alicyclic amines) is 1. The number of aliphatic hydroxyl groups is 1. The summed E-state index contributed by atoms with van der Waals surface area (Å²) in [5, 5.41) is 12.8. The van der Waals surface area contributed by atoms with E-state index in [4.69, 9.17) is 0 Å². The third-order valence-electron chi connectivity index (χ3n) is 4.49. The van der Waals surface area contributed by atoms with Crippen molar-refractivity contribution in [2.24, 2.45) is 5.92 Å². The second-order valence-corrected chi connectivity index (χ2v) is 5.40. The Hall–Kier alpha value is -0.610. The summed E-state index contributed by atoms with van der Waals surface area (Å²) in [7, 11) is 0. The summed E-state index contributed by atoms with van der Waals surface area (Å²) >= 11 is 0. The van der Waals surface area contributed by atoms with Gasteiger partial charge in [0.1, 0.15) is 0 Å². The Kier molecular flexibility index (Phi) is 2.64. The molecule has 3 unspecified atom stereocenters. The minimum absolute atomic E-state index is 0.0895. The lowest BCUT2D eigenvalue weighted by Gasteiger charge is -2.29. The second kappa shape index (κ2) is 4.00. The lowest BCUT2D eigenvalue weighted by atomic mass is 9.88. The van der Waals surface area contributed by atoms with Crippen LogP contribution in [0, 0.1) is 5.92 Å². The molecule has 3 fully saturated rings. The summed E-state index contributed by atoms with van der Waals surface area (Å²) < 4.78 is 0. The van der Waals surface area contributed by atoms with Crippen molar-refractivity contribution in [3.05, 3.63) is 0 Å². The summed E-state index contributed by atoms with van der Waals surface area (Å²) in [5.41, 5.74) is 0. The standard InChI is InChI=1S/C12H20N2O2/c15-7-9-2-1-5-14(9)12(16)10-6-8-3-4-11(10)13-8/h8-11,13,15H,1-7H2/t8?,9-,10?,11?/m1/s1. The third-order valence-corrected chi connectivity index (χ3v) is 4.49. The number of fused-ring (bicyclic) bond motifs is 2. The summed E-state index contributed by atoms with van der Waals surface area (Å²) in [6.45, 7) is 0.970. The number of hydrogen-bond donors (Lipinski definition) is 2. The highest BCUT2D eigenvalue weighted by molar-refractivity contribution is 5.81. The molecule has 0 aliphatic carbocycles. The maximum Gasteiger partial charge on any atom is 0.227 e. The van der Waals surface area contributed by atoms with E-state index >= 15 is 0 Å². The predicted octanol–water partition coefficient (Wildman–Crippen LogP) is 0.110. The molecule has 3 aliphatic rings. The fourth-order valence-corrected chi connectivity index (χ4v) is 3.63. The molecule has 0 radical (unpaired) electrons. The average Bonchev–Trinajstić information content (AvgIpc) is 3.02. The van der Waals surface area contributed by atoms with Crippen LogP contribution in [0.3, 0.4) is 0 Å². The van der Waals surface area contributed by atoms with E-state index in [0.29, 0.717) is 12.1 Å². The number of carbonyl (C=O) groups is 1. The molecule has 3 heterocycles. The Labute approximate surface area is 96.0 Å². The summed E-state index contributed by atoms with van der Waals surface area (Å²) in [6.07, 6.45) is 5.41. The van der Waals surface area contributed by atoms with Crippen LogP contribution in [-0.4, -0.2) is 47.2 Å². The van der Waals surface area contributed by atoms with Crippen LogP contribution in [0.2, 0.25) is 0 Å². The van der Waals surface area contributed by atoms with E-state index in [0.717, 1.165) is 32.2 Å². The topological polar surface area (TPSA) is 52.6 Å². The monoisotopic (exact) mass is 224 g/mol. The number of amides is 1. The second-order valence-electron chi connectivity index (χ2n) is 5.40. The fraction of sp³-hybridized carbons (Fsp3) is 0.917. The SMILES string of the molecule is O=C(C1CC2CCC1N2)N1CCC[C@@H]1CO. The normalized spacial score (nSPS) is 41.9. The van der Waals surface area contributed by atoms with Gasteiger partial charge in [-0.3, -0.25) is 4.79 Å². The lowest BCUT2D eigenvalue weighted by Crippen LogP contribution is -2.44. The molecule has 0 spiro atoms. The Morgan fingerprint density at radius 3 is 2.88 bits per heavy atom. The molecule has 1 amide bonds. The van der Waals surface area contributed by atoms with Gasteiger partial charge in [0.25, 0.3) is 0 Å². The zero-order chi connectivity index (χ0) is 11.1. The van der Waals surface area contributed by atoms with Gasteiger partial charge in [-0.1, -0.05) is 0 Å². The lowest BCUT2D eigenvalue weighted by molar-refractivity contribution is -0.137. The van der Waals surface area contributed by atoms with E-state index in [9.17, 15) is 9.90 Å².